The molecule has 0 aliphatic heterocycles. The summed E-state index contributed by atoms with van der Waals surface area (Å²) in [5.41, 5.74) is 4.40. The predicted octanol–water partition coefficient (Wildman–Crippen LogP) is 1.69. The van der Waals surface area contributed by atoms with E-state index >= 15 is 0 Å². The number of hydrogen-bond donors (Lipinski definition) is 1. The van der Waals surface area contributed by atoms with Crippen molar-refractivity contribution < 1.29 is 22.7 Å². The van der Waals surface area contributed by atoms with Crippen LogP contribution in [0, 0.1) is 0 Å². The molecule has 0 aromatic heterocycles. The maximum atomic E-state index is 12.3. The third kappa shape index (κ3) is 6.11. The minimum absolute atomic E-state index is 0.221. The Labute approximate surface area is 176 Å². The Morgan fingerprint density at radius 2 is 1.77 bits per heavy atom. The highest BCUT2D eigenvalue weighted by Gasteiger charge is 2.24. The highest BCUT2D eigenvalue weighted by atomic mass is 32.2. The van der Waals surface area contributed by atoms with E-state index in [2.05, 4.69) is 10.5 Å². The maximum absolute atomic E-state index is 12.3. The van der Waals surface area contributed by atoms with Gasteiger partial charge < -0.3 is 14.4 Å². The molecule has 10 heteroatoms. The van der Waals surface area contributed by atoms with E-state index in [1.807, 2.05) is 43.3 Å². The summed E-state index contributed by atoms with van der Waals surface area (Å²) >= 11 is 0. The van der Waals surface area contributed by atoms with Crippen LogP contribution in [0.25, 0.3) is 0 Å². The van der Waals surface area contributed by atoms with Crippen molar-refractivity contribution in [2.24, 2.45) is 5.10 Å². The Balaban J connectivity index is 2.13. The number of anilines is 2. The van der Waals surface area contributed by atoms with Gasteiger partial charge in [0.1, 0.15) is 18.0 Å². The number of benzene rings is 2. The Morgan fingerprint density at radius 3 is 2.30 bits per heavy atom. The van der Waals surface area contributed by atoms with Crippen LogP contribution < -0.4 is 24.1 Å². The van der Waals surface area contributed by atoms with Gasteiger partial charge >= 0.3 is 0 Å². The van der Waals surface area contributed by atoms with Gasteiger partial charge in [-0.05, 0) is 29.8 Å². The number of carbonyl (C=O) groups excluding carboxylic acids is 1. The molecule has 162 valence electrons. The van der Waals surface area contributed by atoms with Crippen molar-refractivity contribution in [2.75, 3.05) is 50.3 Å². The summed E-state index contributed by atoms with van der Waals surface area (Å²) in [5.74, 6) is 0.162. The lowest BCUT2D eigenvalue weighted by Crippen LogP contribution is -2.39. The second-order valence-corrected chi connectivity index (χ2v) is 8.49. The number of hydrazone groups is 1. The SMILES string of the molecule is COc1ccc(N(CC(=O)N/N=C\c2ccc(N(C)C)cc2)S(C)(=O)=O)c(OC)c1. The third-order valence-corrected chi connectivity index (χ3v) is 5.28. The van der Waals surface area contributed by atoms with Crippen LogP contribution in [0.5, 0.6) is 11.5 Å². The van der Waals surface area contributed by atoms with Crippen LogP contribution in [0.2, 0.25) is 0 Å². The summed E-state index contributed by atoms with van der Waals surface area (Å²) in [5, 5.41) is 3.90. The van der Waals surface area contributed by atoms with E-state index in [1.54, 1.807) is 12.1 Å². The zero-order valence-corrected chi connectivity index (χ0v) is 18.4. The van der Waals surface area contributed by atoms with Gasteiger partial charge in [-0.3, -0.25) is 9.10 Å². The predicted molar refractivity (Wildman–Crippen MR) is 118 cm³/mol. The monoisotopic (exact) mass is 434 g/mol. The van der Waals surface area contributed by atoms with Gasteiger partial charge in [-0.2, -0.15) is 5.10 Å². The quantitative estimate of drug-likeness (QED) is 0.476. The smallest absolute Gasteiger partial charge is 0.260 e. The first kappa shape index (κ1) is 23.0. The number of carbonyl (C=O) groups is 1. The number of hydrogen-bond acceptors (Lipinski definition) is 7. The molecule has 1 amide bonds. The van der Waals surface area contributed by atoms with Crippen LogP contribution in [0.1, 0.15) is 5.56 Å². The van der Waals surface area contributed by atoms with Gasteiger partial charge in [-0.25, -0.2) is 13.8 Å². The fraction of sp³-hybridized carbons (Fsp3) is 0.300. The average molecular weight is 435 g/mol. The Morgan fingerprint density at radius 1 is 1.10 bits per heavy atom. The second kappa shape index (κ2) is 9.97. The number of amides is 1. The van der Waals surface area contributed by atoms with E-state index in [4.69, 9.17) is 9.47 Å². The molecule has 2 aromatic carbocycles. The first-order chi connectivity index (χ1) is 14.2. The highest BCUT2D eigenvalue weighted by molar-refractivity contribution is 7.92. The zero-order chi connectivity index (χ0) is 22.3. The van der Waals surface area contributed by atoms with Gasteiger partial charge in [0.25, 0.3) is 5.91 Å². The van der Waals surface area contributed by atoms with Crippen LogP contribution in [0.3, 0.4) is 0 Å². The topological polar surface area (TPSA) is 101 Å². The number of rotatable bonds is 9. The fourth-order valence-electron chi connectivity index (χ4n) is 2.58. The largest absolute Gasteiger partial charge is 0.497 e. The normalized spacial score (nSPS) is 11.2. The van der Waals surface area contributed by atoms with Crippen LogP contribution >= 0.6 is 0 Å². The summed E-state index contributed by atoms with van der Waals surface area (Å²) in [6.07, 6.45) is 2.50. The molecule has 2 rings (SSSR count). The molecule has 0 aliphatic rings. The van der Waals surface area contributed by atoms with Crippen LogP contribution in [-0.2, 0) is 14.8 Å². The lowest BCUT2D eigenvalue weighted by Gasteiger charge is -2.23. The van der Waals surface area contributed by atoms with Crippen LogP contribution in [0.4, 0.5) is 11.4 Å². The Bertz CT molecular complexity index is 1000. The van der Waals surface area contributed by atoms with Crippen molar-refractivity contribution in [2.45, 2.75) is 0 Å². The highest BCUT2D eigenvalue weighted by Crippen LogP contribution is 2.33. The van der Waals surface area contributed by atoms with Crippen LogP contribution in [0.15, 0.2) is 47.6 Å². The molecule has 0 heterocycles. The van der Waals surface area contributed by atoms with E-state index in [-0.39, 0.29) is 11.4 Å². The summed E-state index contributed by atoms with van der Waals surface area (Å²) < 4.78 is 35.9. The molecule has 0 fully saturated rings. The van der Waals surface area contributed by atoms with Crippen molar-refractivity contribution in [3.8, 4) is 11.5 Å². The summed E-state index contributed by atoms with van der Waals surface area (Å²) in [6, 6.07) is 12.2. The van der Waals surface area contributed by atoms with Gasteiger partial charge in [0, 0.05) is 25.8 Å². The lowest BCUT2D eigenvalue weighted by molar-refractivity contribution is -0.119. The molecule has 0 saturated carbocycles. The fourth-order valence-corrected chi connectivity index (χ4v) is 3.44. The first-order valence-corrected chi connectivity index (χ1v) is 10.8. The Hall–Kier alpha value is -3.27. The van der Waals surface area contributed by atoms with Gasteiger partial charge in [-0.15, -0.1) is 0 Å². The number of sulfonamides is 1. The van der Waals surface area contributed by atoms with Crippen LogP contribution in [-0.4, -0.2) is 61.7 Å². The van der Waals surface area contributed by atoms with E-state index in [1.165, 1.54) is 26.5 Å². The lowest BCUT2D eigenvalue weighted by atomic mass is 10.2. The summed E-state index contributed by atoms with van der Waals surface area (Å²) in [4.78, 5) is 14.3. The zero-order valence-electron chi connectivity index (χ0n) is 17.6. The van der Waals surface area contributed by atoms with Gasteiger partial charge in [0.2, 0.25) is 10.0 Å². The molecule has 9 nitrogen and oxygen atoms in total. The van der Waals surface area contributed by atoms with E-state index in [9.17, 15) is 13.2 Å². The first-order valence-electron chi connectivity index (χ1n) is 8.94. The van der Waals surface area contributed by atoms with Crippen molar-refractivity contribution in [3.05, 3.63) is 48.0 Å². The third-order valence-electron chi connectivity index (χ3n) is 4.16. The minimum atomic E-state index is -3.76. The number of methoxy groups -OCH3 is 2. The van der Waals surface area contributed by atoms with Crippen molar-refractivity contribution >= 4 is 33.5 Å². The van der Waals surface area contributed by atoms with Crippen molar-refractivity contribution in [1.29, 1.82) is 0 Å². The summed E-state index contributed by atoms with van der Waals surface area (Å²) in [7, 11) is 3.01. The molecule has 0 bridgehead atoms. The van der Waals surface area contributed by atoms with Crippen molar-refractivity contribution in [1.82, 2.24) is 5.43 Å². The van der Waals surface area contributed by atoms with Gasteiger partial charge in [0.15, 0.2) is 0 Å². The van der Waals surface area contributed by atoms with E-state index in [0.29, 0.717) is 5.75 Å². The molecule has 0 radical (unpaired) electrons. The van der Waals surface area contributed by atoms with Gasteiger partial charge in [0.05, 0.1) is 32.4 Å². The van der Waals surface area contributed by atoms with E-state index in [0.717, 1.165) is 21.8 Å². The molecule has 0 atom stereocenters. The van der Waals surface area contributed by atoms with Crippen molar-refractivity contribution in [3.63, 3.8) is 0 Å². The average Bonchev–Trinajstić information content (AvgIpc) is 2.71. The molecule has 2 aromatic rings. The van der Waals surface area contributed by atoms with E-state index < -0.39 is 22.5 Å². The summed E-state index contributed by atoms with van der Waals surface area (Å²) in [6.45, 7) is -0.460. The molecule has 0 aliphatic carbocycles. The standard InChI is InChI=1S/C20H26N4O5S/c1-23(2)16-8-6-15(7-9-16)13-21-22-20(25)14-24(30(5,26)27)18-11-10-17(28-3)12-19(18)29-4/h6-13H,14H2,1-5H3,(H,22,25)/b21-13-. The molecule has 0 unspecified atom stereocenters. The molecular weight excluding hydrogens is 408 g/mol. The second-order valence-electron chi connectivity index (χ2n) is 6.59. The number of nitrogens with one attached hydrogen (secondary N) is 1. The molecule has 0 spiro atoms. The van der Waals surface area contributed by atoms with Gasteiger partial charge in [-0.1, -0.05) is 12.1 Å². The molecule has 0 saturated heterocycles. The number of ether oxygens (including phenoxy) is 2. The molecule has 1 N–H and O–H groups in total. The molecule has 30 heavy (non-hydrogen) atoms. The Kier molecular flexibility index (Phi) is 7.65. The number of nitrogens with zero attached hydrogens (tertiary/aromatic N) is 3. The molecular formula is C20H26N4O5S. The maximum Gasteiger partial charge on any atom is 0.260 e. The minimum Gasteiger partial charge on any atom is -0.497 e.